The first-order chi connectivity index (χ1) is 9.54. The van der Waals surface area contributed by atoms with Crippen molar-refractivity contribution in [2.75, 3.05) is 11.1 Å². The zero-order valence-corrected chi connectivity index (χ0v) is 12.5. The maximum atomic E-state index is 5.71. The summed E-state index contributed by atoms with van der Waals surface area (Å²) >= 11 is 1.71. The number of hydrogen-bond acceptors (Lipinski definition) is 5. The predicted molar refractivity (Wildman–Crippen MR) is 85.8 cm³/mol. The first-order valence-corrected chi connectivity index (χ1v) is 7.23. The van der Waals surface area contributed by atoms with Crippen molar-refractivity contribution in [1.82, 2.24) is 9.97 Å². The number of aromatic nitrogens is 2. The molecule has 0 aliphatic rings. The third kappa shape index (κ3) is 2.20. The van der Waals surface area contributed by atoms with Gasteiger partial charge in [-0.2, -0.15) is 0 Å². The molecule has 3 rings (SSSR count). The maximum absolute atomic E-state index is 5.71. The fourth-order valence-corrected chi connectivity index (χ4v) is 3.22. The van der Waals surface area contributed by atoms with Crippen LogP contribution in [0.2, 0.25) is 0 Å². The molecular formula is C15H16N4S. The van der Waals surface area contributed by atoms with E-state index in [4.69, 9.17) is 5.73 Å². The van der Waals surface area contributed by atoms with Crippen LogP contribution in [-0.4, -0.2) is 9.97 Å². The van der Waals surface area contributed by atoms with Crippen LogP contribution in [0, 0.1) is 20.8 Å². The number of anilines is 3. The van der Waals surface area contributed by atoms with E-state index in [1.54, 1.807) is 11.3 Å². The maximum Gasteiger partial charge on any atom is 0.143 e. The second-order valence-electron chi connectivity index (χ2n) is 4.83. The van der Waals surface area contributed by atoms with Crippen molar-refractivity contribution in [1.29, 1.82) is 0 Å². The van der Waals surface area contributed by atoms with Crippen molar-refractivity contribution in [3.63, 3.8) is 0 Å². The summed E-state index contributed by atoms with van der Waals surface area (Å²) < 4.78 is 0. The molecule has 0 saturated heterocycles. The SMILES string of the molecule is Cc1nc(Nc2ccc(N)cc2)c2c(C)c(C)sc2n1. The highest BCUT2D eigenvalue weighted by atomic mass is 32.1. The third-order valence-electron chi connectivity index (χ3n) is 3.31. The number of nitrogen functional groups attached to an aromatic ring is 1. The first kappa shape index (κ1) is 12.9. The summed E-state index contributed by atoms with van der Waals surface area (Å²) in [7, 11) is 0. The molecule has 0 atom stereocenters. The van der Waals surface area contributed by atoms with E-state index in [-0.39, 0.29) is 0 Å². The van der Waals surface area contributed by atoms with Gasteiger partial charge >= 0.3 is 0 Å². The highest BCUT2D eigenvalue weighted by molar-refractivity contribution is 7.18. The van der Waals surface area contributed by atoms with Gasteiger partial charge < -0.3 is 11.1 Å². The fourth-order valence-electron chi connectivity index (χ4n) is 2.15. The number of hydrogen-bond donors (Lipinski definition) is 2. The van der Waals surface area contributed by atoms with Crippen LogP contribution in [-0.2, 0) is 0 Å². The molecule has 0 spiro atoms. The van der Waals surface area contributed by atoms with Gasteiger partial charge in [-0.3, -0.25) is 0 Å². The highest BCUT2D eigenvalue weighted by Crippen LogP contribution is 2.34. The van der Waals surface area contributed by atoms with E-state index in [0.29, 0.717) is 0 Å². The molecule has 1 aromatic carbocycles. The van der Waals surface area contributed by atoms with Crippen molar-refractivity contribution >= 4 is 38.7 Å². The van der Waals surface area contributed by atoms with E-state index in [1.165, 1.54) is 10.4 Å². The van der Waals surface area contributed by atoms with Crippen molar-refractivity contribution in [2.24, 2.45) is 0 Å². The number of benzene rings is 1. The predicted octanol–water partition coefficient (Wildman–Crippen LogP) is 3.94. The number of rotatable bonds is 2. The minimum atomic E-state index is 0.752. The molecule has 3 N–H and O–H groups in total. The van der Waals surface area contributed by atoms with Crippen LogP contribution in [0.3, 0.4) is 0 Å². The van der Waals surface area contributed by atoms with Crippen LogP contribution in [0.25, 0.3) is 10.2 Å². The molecular weight excluding hydrogens is 268 g/mol. The number of nitrogens with zero attached hydrogens (tertiary/aromatic N) is 2. The smallest absolute Gasteiger partial charge is 0.143 e. The van der Waals surface area contributed by atoms with Gasteiger partial charge in [-0.05, 0) is 50.6 Å². The summed E-state index contributed by atoms with van der Waals surface area (Å²) in [5, 5.41) is 4.48. The normalized spacial score (nSPS) is 10.9. The Labute approximate surface area is 121 Å². The largest absolute Gasteiger partial charge is 0.399 e. The van der Waals surface area contributed by atoms with Gasteiger partial charge in [0.1, 0.15) is 16.5 Å². The van der Waals surface area contributed by atoms with Crippen LogP contribution >= 0.6 is 11.3 Å². The second kappa shape index (κ2) is 4.76. The molecule has 0 amide bonds. The van der Waals surface area contributed by atoms with Crippen LogP contribution in [0.4, 0.5) is 17.2 Å². The Bertz CT molecular complexity index is 775. The molecule has 0 aliphatic carbocycles. The van der Waals surface area contributed by atoms with Crippen LogP contribution < -0.4 is 11.1 Å². The molecule has 4 nitrogen and oxygen atoms in total. The Morgan fingerprint density at radius 2 is 1.75 bits per heavy atom. The summed E-state index contributed by atoms with van der Waals surface area (Å²) in [6, 6.07) is 7.65. The monoisotopic (exact) mass is 284 g/mol. The average Bonchev–Trinajstić information content (AvgIpc) is 2.67. The Morgan fingerprint density at radius 1 is 1.05 bits per heavy atom. The highest BCUT2D eigenvalue weighted by Gasteiger charge is 2.13. The number of thiophene rings is 1. The van der Waals surface area contributed by atoms with Gasteiger partial charge in [-0.15, -0.1) is 11.3 Å². The molecule has 0 saturated carbocycles. The van der Waals surface area contributed by atoms with Crippen LogP contribution in [0.15, 0.2) is 24.3 Å². The Kier molecular flexibility index (Phi) is 3.06. The van der Waals surface area contributed by atoms with Gasteiger partial charge in [0.25, 0.3) is 0 Å². The van der Waals surface area contributed by atoms with E-state index in [9.17, 15) is 0 Å². The van der Waals surface area contributed by atoms with Crippen molar-refractivity contribution in [2.45, 2.75) is 20.8 Å². The Hall–Kier alpha value is -2.14. The third-order valence-corrected chi connectivity index (χ3v) is 4.42. The molecule has 20 heavy (non-hydrogen) atoms. The zero-order chi connectivity index (χ0) is 14.3. The van der Waals surface area contributed by atoms with Crippen LogP contribution in [0.5, 0.6) is 0 Å². The Morgan fingerprint density at radius 3 is 2.45 bits per heavy atom. The first-order valence-electron chi connectivity index (χ1n) is 6.41. The number of fused-ring (bicyclic) bond motifs is 1. The number of nitrogens with two attached hydrogens (primary N) is 1. The lowest BCUT2D eigenvalue weighted by Crippen LogP contribution is -1.98. The molecule has 0 bridgehead atoms. The van der Waals surface area contributed by atoms with E-state index < -0.39 is 0 Å². The molecule has 2 heterocycles. The average molecular weight is 284 g/mol. The standard InChI is InChI=1S/C15H16N4S/c1-8-9(2)20-15-13(8)14(17-10(3)18-15)19-12-6-4-11(16)5-7-12/h4-7H,16H2,1-3H3,(H,17,18,19). The van der Waals surface area contributed by atoms with Gasteiger partial charge in [0.05, 0.1) is 5.39 Å². The molecule has 5 heteroatoms. The van der Waals surface area contributed by atoms with E-state index in [1.807, 2.05) is 31.2 Å². The quantitative estimate of drug-likeness (QED) is 0.700. The minimum Gasteiger partial charge on any atom is -0.399 e. The zero-order valence-electron chi connectivity index (χ0n) is 11.7. The summed E-state index contributed by atoms with van der Waals surface area (Å²) in [4.78, 5) is 11.4. The minimum absolute atomic E-state index is 0.752. The van der Waals surface area contributed by atoms with Gasteiger partial charge in [0, 0.05) is 16.3 Å². The topological polar surface area (TPSA) is 63.8 Å². The summed E-state index contributed by atoms with van der Waals surface area (Å²) in [6.07, 6.45) is 0. The van der Waals surface area contributed by atoms with Crippen LogP contribution in [0.1, 0.15) is 16.3 Å². The number of aryl methyl sites for hydroxylation is 3. The van der Waals surface area contributed by atoms with E-state index >= 15 is 0 Å². The lowest BCUT2D eigenvalue weighted by molar-refractivity contribution is 1.10. The molecule has 102 valence electrons. The summed E-state index contributed by atoms with van der Waals surface area (Å²) in [5.41, 5.74) is 8.68. The Balaban J connectivity index is 2.12. The van der Waals surface area contributed by atoms with Gasteiger partial charge in [0.15, 0.2) is 0 Å². The fraction of sp³-hybridized carbons (Fsp3) is 0.200. The molecule has 2 aromatic heterocycles. The lowest BCUT2D eigenvalue weighted by atomic mass is 10.2. The molecule has 3 aromatic rings. The van der Waals surface area contributed by atoms with Gasteiger partial charge in [-0.1, -0.05) is 0 Å². The second-order valence-corrected chi connectivity index (χ2v) is 6.03. The van der Waals surface area contributed by atoms with Crippen molar-refractivity contribution < 1.29 is 0 Å². The van der Waals surface area contributed by atoms with Gasteiger partial charge in [-0.25, -0.2) is 9.97 Å². The summed E-state index contributed by atoms with van der Waals surface area (Å²) in [5.74, 6) is 1.64. The van der Waals surface area contributed by atoms with Crippen molar-refractivity contribution in [3.05, 3.63) is 40.5 Å². The van der Waals surface area contributed by atoms with Crippen molar-refractivity contribution in [3.8, 4) is 0 Å². The molecule has 0 unspecified atom stereocenters. The van der Waals surface area contributed by atoms with E-state index in [0.717, 1.165) is 33.2 Å². The van der Waals surface area contributed by atoms with Gasteiger partial charge in [0.2, 0.25) is 0 Å². The molecule has 0 fully saturated rings. The lowest BCUT2D eigenvalue weighted by Gasteiger charge is -2.08. The number of nitrogens with one attached hydrogen (secondary N) is 1. The molecule has 0 aliphatic heterocycles. The molecule has 0 radical (unpaired) electrons. The summed E-state index contributed by atoms with van der Waals surface area (Å²) in [6.45, 7) is 6.14. The van der Waals surface area contributed by atoms with E-state index in [2.05, 4.69) is 29.1 Å².